The zero-order chi connectivity index (χ0) is 19.2. The van der Waals surface area contributed by atoms with Crippen LogP contribution in [0.2, 0.25) is 0 Å². The van der Waals surface area contributed by atoms with Gasteiger partial charge >= 0.3 is 6.03 Å². The number of carbonyl (C=O) groups is 1. The minimum absolute atomic E-state index is 0.203. The van der Waals surface area contributed by atoms with Crippen molar-refractivity contribution in [3.8, 4) is 5.69 Å². The molecule has 0 saturated carbocycles. The largest absolute Gasteiger partial charge is 0.339 e. The normalized spacial score (nSPS) is 11.0. The van der Waals surface area contributed by atoms with Gasteiger partial charge in [-0.05, 0) is 17.5 Å². The van der Waals surface area contributed by atoms with Crippen molar-refractivity contribution in [2.45, 2.75) is 33.4 Å². The summed E-state index contributed by atoms with van der Waals surface area (Å²) in [6, 6.07) is 7.67. The molecule has 0 saturated heterocycles. The number of amides is 2. The molecule has 8 nitrogen and oxygen atoms in total. The number of imidazole rings is 1. The van der Waals surface area contributed by atoms with Gasteiger partial charge < -0.3 is 19.3 Å². The molecule has 2 amide bonds. The predicted octanol–water partition coefficient (Wildman–Crippen LogP) is 2.80. The highest BCUT2D eigenvalue weighted by Gasteiger charge is 2.14. The first kappa shape index (κ1) is 18.6. The lowest BCUT2D eigenvalue weighted by Crippen LogP contribution is -2.36. The summed E-state index contributed by atoms with van der Waals surface area (Å²) < 4.78 is 7.13. The second-order valence-electron chi connectivity index (χ2n) is 6.82. The number of carbonyl (C=O) groups excluding carboxylic acids is 1. The van der Waals surface area contributed by atoms with Crippen molar-refractivity contribution in [3.05, 3.63) is 60.3 Å². The molecule has 1 aromatic carbocycles. The van der Waals surface area contributed by atoms with Gasteiger partial charge in [0.25, 0.3) is 0 Å². The molecule has 0 radical (unpaired) electrons. The van der Waals surface area contributed by atoms with Gasteiger partial charge in [0.05, 0.1) is 18.6 Å². The van der Waals surface area contributed by atoms with E-state index in [9.17, 15) is 4.79 Å². The highest BCUT2D eigenvalue weighted by molar-refractivity contribution is 5.73. The molecular formula is C19H24N6O2. The van der Waals surface area contributed by atoms with Gasteiger partial charge in [-0.2, -0.15) is 4.98 Å². The second-order valence-corrected chi connectivity index (χ2v) is 6.82. The quantitative estimate of drug-likeness (QED) is 0.693. The standard InChI is InChI=1S/C19H24N6O2/c1-14(2)10-18-22-17(23-27-18)12-24(3)19(26)21-11-15-6-4-5-7-16(15)25-9-8-20-13-25/h4-9,13-14H,10-12H2,1-3H3,(H,21,26). The zero-order valence-corrected chi connectivity index (χ0v) is 15.8. The van der Waals surface area contributed by atoms with Gasteiger partial charge in [-0.15, -0.1) is 0 Å². The van der Waals surface area contributed by atoms with Crippen LogP contribution in [0.1, 0.15) is 31.1 Å². The monoisotopic (exact) mass is 368 g/mol. The van der Waals surface area contributed by atoms with E-state index in [-0.39, 0.29) is 12.6 Å². The number of aromatic nitrogens is 4. The molecule has 0 aliphatic rings. The van der Waals surface area contributed by atoms with Crippen LogP contribution in [0, 0.1) is 5.92 Å². The number of para-hydroxylation sites is 1. The topological polar surface area (TPSA) is 89.1 Å². The van der Waals surface area contributed by atoms with Gasteiger partial charge in [0.1, 0.15) is 0 Å². The number of nitrogens with one attached hydrogen (secondary N) is 1. The number of hydrogen-bond acceptors (Lipinski definition) is 5. The van der Waals surface area contributed by atoms with Crippen LogP contribution in [-0.2, 0) is 19.5 Å². The first-order chi connectivity index (χ1) is 13.0. The van der Waals surface area contributed by atoms with E-state index in [1.165, 1.54) is 4.90 Å². The number of urea groups is 1. The van der Waals surface area contributed by atoms with Gasteiger partial charge in [0.15, 0.2) is 5.82 Å². The van der Waals surface area contributed by atoms with E-state index in [0.717, 1.165) is 17.7 Å². The van der Waals surface area contributed by atoms with E-state index in [1.54, 1.807) is 19.6 Å². The molecule has 142 valence electrons. The van der Waals surface area contributed by atoms with Crippen LogP contribution >= 0.6 is 0 Å². The Bertz CT molecular complexity index is 872. The minimum atomic E-state index is -0.203. The lowest BCUT2D eigenvalue weighted by molar-refractivity contribution is 0.204. The van der Waals surface area contributed by atoms with Crippen LogP contribution in [0.3, 0.4) is 0 Å². The Morgan fingerprint density at radius 1 is 1.33 bits per heavy atom. The van der Waals surface area contributed by atoms with Crippen LogP contribution in [0.4, 0.5) is 4.79 Å². The summed E-state index contributed by atoms with van der Waals surface area (Å²) in [5, 5.41) is 6.87. The third-order valence-electron chi connectivity index (χ3n) is 4.02. The van der Waals surface area contributed by atoms with E-state index >= 15 is 0 Å². The molecule has 0 aliphatic heterocycles. The lowest BCUT2D eigenvalue weighted by Gasteiger charge is -2.17. The number of rotatable bonds is 7. The summed E-state index contributed by atoms with van der Waals surface area (Å²) >= 11 is 0. The summed E-state index contributed by atoms with van der Waals surface area (Å²) in [6.45, 7) is 4.87. The van der Waals surface area contributed by atoms with Crippen LogP contribution in [0.25, 0.3) is 5.69 Å². The first-order valence-electron chi connectivity index (χ1n) is 8.89. The molecule has 0 aliphatic carbocycles. The van der Waals surface area contributed by atoms with Gasteiger partial charge in [-0.1, -0.05) is 37.2 Å². The van der Waals surface area contributed by atoms with Gasteiger partial charge in [0.2, 0.25) is 5.89 Å². The second kappa shape index (κ2) is 8.48. The van der Waals surface area contributed by atoms with E-state index in [0.29, 0.717) is 24.2 Å². The van der Waals surface area contributed by atoms with Crippen LogP contribution in [0.15, 0.2) is 47.5 Å². The highest BCUT2D eigenvalue weighted by atomic mass is 16.5. The predicted molar refractivity (Wildman–Crippen MR) is 100 cm³/mol. The zero-order valence-electron chi connectivity index (χ0n) is 15.8. The Kier molecular flexibility index (Phi) is 5.85. The Labute approximate surface area is 158 Å². The molecule has 3 aromatic rings. The van der Waals surface area contributed by atoms with Gasteiger partial charge in [-0.25, -0.2) is 9.78 Å². The van der Waals surface area contributed by atoms with Gasteiger partial charge in [-0.3, -0.25) is 0 Å². The Balaban J connectivity index is 1.57. The summed E-state index contributed by atoms with van der Waals surface area (Å²) in [7, 11) is 1.70. The maximum Gasteiger partial charge on any atom is 0.317 e. The third kappa shape index (κ3) is 4.93. The van der Waals surface area contributed by atoms with E-state index in [4.69, 9.17) is 4.52 Å². The van der Waals surface area contributed by atoms with Crippen molar-refractivity contribution in [1.29, 1.82) is 0 Å². The molecule has 0 atom stereocenters. The Morgan fingerprint density at radius 3 is 2.89 bits per heavy atom. The fourth-order valence-electron chi connectivity index (χ4n) is 2.69. The van der Waals surface area contributed by atoms with Crippen molar-refractivity contribution >= 4 is 6.03 Å². The van der Waals surface area contributed by atoms with Crippen molar-refractivity contribution in [2.24, 2.45) is 5.92 Å². The van der Waals surface area contributed by atoms with E-state index in [2.05, 4.69) is 34.3 Å². The summed E-state index contributed by atoms with van der Waals surface area (Å²) in [4.78, 5) is 22.3. The molecule has 8 heteroatoms. The molecule has 0 bridgehead atoms. The maximum atomic E-state index is 12.4. The van der Waals surface area contributed by atoms with Crippen LogP contribution in [-0.4, -0.2) is 37.7 Å². The van der Waals surface area contributed by atoms with Crippen LogP contribution in [0.5, 0.6) is 0 Å². The molecule has 2 aromatic heterocycles. The van der Waals surface area contributed by atoms with Gasteiger partial charge in [0, 0.05) is 32.4 Å². The molecule has 3 rings (SSSR count). The van der Waals surface area contributed by atoms with Crippen molar-refractivity contribution < 1.29 is 9.32 Å². The van der Waals surface area contributed by atoms with Crippen molar-refractivity contribution in [2.75, 3.05) is 7.05 Å². The van der Waals surface area contributed by atoms with E-state index < -0.39 is 0 Å². The molecular weight excluding hydrogens is 344 g/mol. The number of benzene rings is 1. The van der Waals surface area contributed by atoms with Crippen LogP contribution < -0.4 is 5.32 Å². The molecule has 27 heavy (non-hydrogen) atoms. The number of nitrogens with zero attached hydrogens (tertiary/aromatic N) is 5. The Hall–Kier alpha value is -3.16. The lowest BCUT2D eigenvalue weighted by atomic mass is 10.1. The summed E-state index contributed by atoms with van der Waals surface area (Å²) in [5.41, 5.74) is 1.98. The number of hydrogen-bond donors (Lipinski definition) is 1. The average molecular weight is 368 g/mol. The molecule has 1 N–H and O–H groups in total. The van der Waals surface area contributed by atoms with Crippen molar-refractivity contribution in [3.63, 3.8) is 0 Å². The SMILES string of the molecule is CC(C)Cc1nc(CN(C)C(=O)NCc2ccccc2-n2ccnc2)no1. The van der Waals surface area contributed by atoms with Crippen molar-refractivity contribution in [1.82, 2.24) is 29.9 Å². The smallest absolute Gasteiger partial charge is 0.317 e. The highest BCUT2D eigenvalue weighted by Crippen LogP contribution is 2.14. The fraction of sp³-hybridized carbons (Fsp3) is 0.368. The minimum Gasteiger partial charge on any atom is -0.339 e. The first-order valence-corrected chi connectivity index (χ1v) is 8.89. The fourth-order valence-corrected chi connectivity index (χ4v) is 2.69. The van der Waals surface area contributed by atoms with E-state index in [1.807, 2.05) is 35.0 Å². The Morgan fingerprint density at radius 2 is 2.15 bits per heavy atom. The third-order valence-corrected chi connectivity index (χ3v) is 4.02. The molecule has 0 fully saturated rings. The molecule has 2 heterocycles. The average Bonchev–Trinajstić information content (AvgIpc) is 3.31. The summed E-state index contributed by atoms with van der Waals surface area (Å²) in [5.74, 6) is 1.54. The maximum absolute atomic E-state index is 12.4. The molecule has 0 spiro atoms. The molecule has 0 unspecified atom stereocenters. The summed E-state index contributed by atoms with van der Waals surface area (Å²) in [6.07, 6.45) is 6.06.